The lowest BCUT2D eigenvalue weighted by Crippen LogP contribution is -2.05. The van der Waals surface area contributed by atoms with Crippen LogP contribution >= 0.6 is 0 Å². The molecule has 0 aliphatic rings. The second-order valence-corrected chi connectivity index (χ2v) is 4.61. The first kappa shape index (κ1) is 12.7. The smallest absolute Gasteiger partial charge is 0.136 e. The molecule has 0 aliphatic heterocycles. The fourth-order valence-corrected chi connectivity index (χ4v) is 2.38. The highest BCUT2D eigenvalue weighted by atomic mass is 16.5. The van der Waals surface area contributed by atoms with Crippen molar-refractivity contribution in [3.63, 3.8) is 0 Å². The summed E-state index contributed by atoms with van der Waals surface area (Å²) in [6.07, 6.45) is 0. The van der Waals surface area contributed by atoms with Crippen LogP contribution in [0.15, 0.2) is 48.5 Å². The van der Waals surface area contributed by atoms with E-state index in [1.54, 1.807) is 7.11 Å². The van der Waals surface area contributed by atoms with E-state index in [1.165, 1.54) is 0 Å². The molecule has 0 radical (unpaired) electrons. The molecule has 1 heterocycles. The van der Waals surface area contributed by atoms with Crippen molar-refractivity contribution in [3.8, 4) is 5.75 Å². The molecule has 0 aliphatic carbocycles. The van der Waals surface area contributed by atoms with Crippen LogP contribution in [0.3, 0.4) is 0 Å². The van der Waals surface area contributed by atoms with Crippen molar-refractivity contribution in [2.45, 2.75) is 13.2 Å². The van der Waals surface area contributed by atoms with E-state index in [1.807, 2.05) is 53.1 Å². The molecular formula is C16H16N2O2. The molecule has 0 bridgehead atoms. The van der Waals surface area contributed by atoms with Crippen molar-refractivity contribution in [1.82, 2.24) is 9.55 Å². The minimum absolute atomic E-state index is 0.0708. The van der Waals surface area contributed by atoms with Crippen LogP contribution in [-0.2, 0) is 13.2 Å². The number of para-hydroxylation sites is 2. The molecule has 0 fully saturated rings. The summed E-state index contributed by atoms with van der Waals surface area (Å²) in [5.74, 6) is 1.51. The average Bonchev–Trinajstić information content (AvgIpc) is 2.85. The summed E-state index contributed by atoms with van der Waals surface area (Å²) < 4.78 is 7.28. The quantitative estimate of drug-likeness (QED) is 0.791. The van der Waals surface area contributed by atoms with Crippen molar-refractivity contribution in [3.05, 3.63) is 59.9 Å². The van der Waals surface area contributed by atoms with Gasteiger partial charge in [0.2, 0.25) is 0 Å². The zero-order valence-electron chi connectivity index (χ0n) is 11.3. The van der Waals surface area contributed by atoms with Crippen LogP contribution in [0.4, 0.5) is 0 Å². The first-order valence-corrected chi connectivity index (χ1v) is 6.50. The molecule has 3 aromatic rings. The molecule has 20 heavy (non-hydrogen) atoms. The lowest BCUT2D eigenvalue weighted by Gasteiger charge is -2.09. The Morgan fingerprint density at radius 2 is 2.00 bits per heavy atom. The van der Waals surface area contributed by atoms with Gasteiger partial charge >= 0.3 is 0 Å². The third-order valence-electron chi connectivity index (χ3n) is 3.35. The van der Waals surface area contributed by atoms with E-state index in [-0.39, 0.29) is 6.61 Å². The fraction of sp³-hybridized carbons (Fsp3) is 0.188. The summed E-state index contributed by atoms with van der Waals surface area (Å²) in [5, 5.41) is 9.49. The molecule has 0 saturated heterocycles. The monoisotopic (exact) mass is 268 g/mol. The minimum atomic E-state index is -0.0708. The van der Waals surface area contributed by atoms with Gasteiger partial charge in [0.15, 0.2) is 0 Å². The SMILES string of the molecule is COc1cccc(Cn2c(CO)nc3ccccc32)c1. The maximum atomic E-state index is 9.49. The minimum Gasteiger partial charge on any atom is -0.497 e. The number of aliphatic hydroxyl groups excluding tert-OH is 1. The number of hydrogen-bond acceptors (Lipinski definition) is 3. The lowest BCUT2D eigenvalue weighted by atomic mass is 10.2. The van der Waals surface area contributed by atoms with Gasteiger partial charge in [-0.05, 0) is 29.8 Å². The number of aromatic nitrogens is 2. The topological polar surface area (TPSA) is 47.3 Å². The fourth-order valence-electron chi connectivity index (χ4n) is 2.38. The predicted octanol–water partition coefficient (Wildman–Crippen LogP) is 2.59. The summed E-state index contributed by atoms with van der Waals surface area (Å²) in [5.41, 5.74) is 3.04. The maximum absolute atomic E-state index is 9.49. The summed E-state index contributed by atoms with van der Waals surface area (Å²) in [4.78, 5) is 4.45. The van der Waals surface area contributed by atoms with Gasteiger partial charge in [-0.3, -0.25) is 0 Å². The van der Waals surface area contributed by atoms with Crippen molar-refractivity contribution in [2.75, 3.05) is 7.11 Å². The molecule has 2 aromatic carbocycles. The van der Waals surface area contributed by atoms with Crippen LogP contribution < -0.4 is 4.74 Å². The number of benzene rings is 2. The number of hydrogen-bond donors (Lipinski definition) is 1. The number of methoxy groups -OCH3 is 1. The molecule has 102 valence electrons. The Kier molecular flexibility index (Phi) is 3.39. The van der Waals surface area contributed by atoms with Crippen molar-refractivity contribution in [1.29, 1.82) is 0 Å². The Labute approximate surface area is 117 Å². The second kappa shape index (κ2) is 5.35. The maximum Gasteiger partial charge on any atom is 0.136 e. The lowest BCUT2D eigenvalue weighted by molar-refractivity contribution is 0.267. The molecule has 0 amide bonds. The highest BCUT2D eigenvalue weighted by molar-refractivity contribution is 5.76. The molecule has 0 atom stereocenters. The van der Waals surface area contributed by atoms with Crippen LogP contribution in [0.25, 0.3) is 11.0 Å². The molecule has 1 aromatic heterocycles. The van der Waals surface area contributed by atoms with Crippen LogP contribution in [0.2, 0.25) is 0 Å². The van der Waals surface area contributed by atoms with Crippen molar-refractivity contribution in [2.24, 2.45) is 0 Å². The third kappa shape index (κ3) is 2.26. The Morgan fingerprint density at radius 1 is 1.15 bits per heavy atom. The van der Waals surface area contributed by atoms with Gasteiger partial charge in [0.1, 0.15) is 18.2 Å². The first-order valence-electron chi connectivity index (χ1n) is 6.50. The second-order valence-electron chi connectivity index (χ2n) is 4.61. The van der Waals surface area contributed by atoms with Gasteiger partial charge in [-0.15, -0.1) is 0 Å². The van der Waals surface area contributed by atoms with Gasteiger partial charge in [-0.2, -0.15) is 0 Å². The van der Waals surface area contributed by atoms with Crippen molar-refractivity contribution < 1.29 is 9.84 Å². The van der Waals surface area contributed by atoms with Gasteiger partial charge in [0.25, 0.3) is 0 Å². The van der Waals surface area contributed by atoms with Gasteiger partial charge in [-0.1, -0.05) is 24.3 Å². The Balaban J connectivity index is 2.04. The van der Waals surface area contributed by atoms with Crippen LogP contribution in [0.5, 0.6) is 5.75 Å². The number of aliphatic hydroxyl groups is 1. The van der Waals surface area contributed by atoms with E-state index < -0.39 is 0 Å². The Bertz CT molecular complexity index is 734. The molecule has 0 spiro atoms. The highest BCUT2D eigenvalue weighted by Crippen LogP contribution is 2.20. The molecular weight excluding hydrogens is 252 g/mol. The van der Waals surface area contributed by atoms with E-state index in [0.717, 1.165) is 22.3 Å². The van der Waals surface area contributed by atoms with E-state index in [4.69, 9.17) is 4.74 Å². The molecule has 0 saturated carbocycles. The van der Waals surface area contributed by atoms with E-state index in [2.05, 4.69) is 4.98 Å². The summed E-state index contributed by atoms with van der Waals surface area (Å²) >= 11 is 0. The molecule has 3 rings (SSSR count). The predicted molar refractivity (Wildman–Crippen MR) is 77.8 cm³/mol. The van der Waals surface area contributed by atoms with Gasteiger partial charge in [-0.25, -0.2) is 4.98 Å². The van der Waals surface area contributed by atoms with Crippen LogP contribution in [-0.4, -0.2) is 21.8 Å². The normalized spacial score (nSPS) is 10.9. The Hall–Kier alpha value is -2.33. The van der Waals surface area contributed by atoms with Gasteiger partial charge in [0.05, 0.1) is 18.1 Å². The van der Waals surface area contributed by atoms with Gasteiger partial charge in [0, 0.05) is 6.54 Å². The highest BCUT2D eigenvalue weighted by Gasteiger charge is 2.10. The zero-order chi connectivity index (χ0) is 13.9. The van der Waals surface area contributed by atoms with E-state index >= 15 is 0 Å². The Morgan fingerprint density at radius 3 is 2.80 bits per heavy atom. The summed E-state index contributed by atoms with van der Waals surface area (Å²) in [6, 6.07) is 15.8. The molecule has 0 unspecified atom stereocenters. The molecule has 4 nitrogen and oxygen atoms in total. The first-order chi connectivity index (χ1) is 9.81. The standard InChI is InChI=1S/C16H16N2O2/c1-20-13-6-4-5-12(9-13)10-18-15-8-3-2-7-14(15)17-16(18)11-19/h2-9,19H,10-11H2,1H3. The van der Waals surface area contributed by atoms with E-state index in [0.29, 0.717) is 12.4 Å². The molecule has 4 heteroatoms. The van der Waals surface area contributed by atoms with Crippen LogP contribution in [0.1, 0.15) is 11.4 Å². The van der Waals surface area contributed by atoms with Crippen LogP contribution in [0, 0.1) is 0 Å². The number of imidazole rings is 1. The number of ether oxygens (including phenoxy) is 1. The van der Waals surface area contributed by atoms with Crippen molar-refractivity contribution >= 4 is 11.0 Å². The molecule has 1 N–H and O–H groups in total. The average molecular weight is 268 g/mol. The number of nitrogens with zero attached hydrogens (tertiary/aromatic N) is 2. The summed E-state index contributed by atoms with van der Waals surface area (Å²) in [7, 11) is 1.66. The van der Waals surface area contributed by atoms with E-state index in [9.17, 15) is 5.11 Å². The van der Waals surface area contributed by atoms with Gasteiger partial charge < -0.3 is 14.4 Å². The third-order valence-corrected chi connectivity index (χ3v) is 3.35. The summed E-state index contributed by atoms with van der Waals surface area (Å²) in [6.45, 7) is 0.590. The number of fused-ring (bicyclic) bond motifs is 1. The number of rotatable bonds is 4. The zero-order valence-corrected chi connectivity index (χ0v) is 11.3. The largest absolute Gasteiger partial charge is 0.497 e.